The lowest BCUT2D eigenvalue weighted by molar-refractivity contribution is -0.168. The van der Waals surface area contributed by atoms with Gasteiger partial charge in [-0.1, -0.05) is 181 Å². The summed E-state index contributed by atoms with van der Waals surface area (Å²) in [6.07, 6.45) is 40.4. The first kappa shape index (κ1) is 38.3. The molecule has 3 nitrogen and oxygen atoms in total. The monoisotopic (exact) mass is 603 g/mol. The fraction of sp³-hybridized carbons (Fsp3) is 0.950. The molecule has 0 aromatic heterocycles. The number of hydrogen-bond donors (Lipinski definition) is 0. The second-order valence-corrected chi connectivity index (χ2v) is 14.7. The van der Waals surface area contributed by atoms with Gasteiger partial charge < -0.3 is 4.74 Å². The minimum absolute atomic E-state index is 0.0591. The molecule has 2 aliphatic carbocycles. The van der Waals surface area contributed by atoms with Gasteiger partial charge in [-0.3, -0.25) is 9.59 Å². The molecule has 2 fully saturated rings. The van der Waals surface area contributed by atoms with Crippen LogP contribution in [-0.4, -0.2) is 11.9 Å². The van der Waals surface area contributed by atoms with Gasteiger partial charge in [0, 0.05) is 0 Å². The maximum absolute atomic E-state index is 13.5. The fourth-order valence-corrected chi connectivity index (χ4v) is 8.12. The van der Waals surface area contributed by atoms with E-state index in [1.54, 1.807) is 0 Å². The maximum Gasteiger partial charge on any atom is 0.316 e. The third-order valence-electron chi connectivity index (χ3n) is 11.0. The van der Waals surface area contributed by atoms with E-state index in [-0.39, 0.29) is 23.8 Å². The van der Waals surface area contributed by atoms with E-state index in [2.05, 4.69) is 13.8 Å². The highest BCUT2D eigenvalue weighted by Crippen LogP contribution is 2.37. The number of hydrogen-bond acceptors (Lipinski definition) is 3. The Kier molecular flexibility index (Phi) is 23.5. The van der Waals surface area contributed by atoms with Crippen LogP contribution < -0.4 is 0 Å². The van der Waals surface area contributed by atoms with Gasteiger partial charge in [-0.05, 0) is 50.4 Å². The molecule has 0 heterocycles. The summed E-state index contributed by atoms with van der Waals surface area (Å²) in [5.74, 6) is 0.393. The first-order chi connectivity index (χ1) is 21.2. The van der Waals surface area contributed by atoms with Crippen LogP contribution in [0.2, 0.25) is 0 Å². The largest absolute Gasteiger partial charge is 0.393 e. The van der Waals surface area contributed by atoms with E-state index in [4.69, 9.17) is 4.74 Å². The molecule has 2 saturated carbocycles. The van der Waals surface area contributed by atoms with Gasteiger partial charge in [-0.25, -0.2) is 0 Å². The zero-order valence-electron chi connectivity index (χ0n) is 29.2. The fourth-order valence-electron chi connectivity index (χ4n) is 8.12. The summed E-state index contributed by atoms with van der Waals surface area (Å²) in [5, 5.41) is 0. The van der Waals surface area contributed by atoms with Gasteiger partial charge in [0.25, 0.3) is 0 Å². The van der Waals surface area contributed by atoms with Crippen LogP contribution in [-0.2, 0) is 14.3 Å². The Bertz CT molecular complexity index is 605. The predicted octanol–water partition coefficient (Wildman–Crippen LogP) is 13.1. The molecule has 43 heavy (non-hydrogen) atoms. The van der Waals surface area contributed by atoms with Crippen molar-refractivity contribution in [2.45, 2.75) is 219 Å². The Morgan fingerprint density at radius 1 is 0.442 bits per heavy atom. The first-order valence-corrected chi connectivity index (χ1v) is 19.9. The standard InChI is InChI=1S/C40H74O3/c1-3-5-7-9-11-13-15-17-19-21-23-33-37(35-29-25-26-30-35)39(41)43-40(42)38(36-31-27-28-32-36)34-24-22-20-18-16-14-12-10-8-6-4-2/h35-38H,3-34H2,1-2H3. The van der Waals surface area contributed by atoms with Gasteiger partial charge in [0.15, 0.2) is 0 Å². The summed E-state index contributed by atoms with van der Waals surface area (Å²) in [6.45, 7) is 4.56. The number of unbranched alkanes of at least 4 members (excludes halogenated alkanes) is 20. The minimum atomic E-state index is -0.175. The van der Waals surface area contributed by atoms with Crippen molar-refractivity contribution in [2.24, 2.45) is 23.7 Å². The molecule has 0 bridgehead atoms. The first-order valence-electron chi connectivity index (χ1n) is 19.9. The van der Waals surface area contributed by atoms with E-state index < -0.39 is 0 Å². The molecule has 0 aromatic carbocycles. The van der Waals surface area contributed by atoms with Crippen molar-refractivity contribution in [3.63, 3.8) is 0 Å². The molecule has 2 unspecified atom stereocenters. The molecule has 0 N–H and O–H groups in total. The van der Waals surface area contributed by atoms with Crippen LogP contribution in [0.1, 0.15) is 219 Å². The summed E-state index contributed by atoms with van der Waals surface area (Å²) < 4.78 is 5.82. The summed E-state index contributed by atoms with van der Waals surface area (Å²) in [6, 6.07) is 0. The van der Waals surface area contributed by atoms with E-state index in [9.17, 15) is 9.59 Å². The number of ether oxygens (including phenoxy) is 1. The van der Waals surface area contributed by atoms with Gasteiger partial charge in [0.05, 0.1) is 11.8 Å². The van der Waals surface area contributed by atoms with Crippen LogP contribution >= 0.6 is 0 Å². The average molecular weight is 603 g/mol. The smallest absolute Gasteiger partial charge is 0.316 e. The van der Waals surface area contributed by atoms with Gasteiger partial charge in [0.2, 0.25) is 0 Å². The van der Waals surface area contributed by atoms with Gasteiger partial charge in [-0.2, -0.15) is 0 Å². The number of rotatable bonds is 28. The molecule has 2 aliphatic rings. The minimum Gasteiger partial charge on any atom is -0.393 e. The van der Waals surface area contributed by atoms with E-state index in [0.717, 1.165) is 51.4 Å². The number of esters is 2. The normalized spacial score (nSPS) is 17.4. The van der Waals surface area contributed by atoms with E-state index in [1.165, 1.54) is 154 Å². The van der Waals surface area contributed by atoms with Crippen molar-refractivity contribution in [1.29, 1.82) is 0 Å². The Labute approximate surface area is 268 Å². The third-order valence-corrected chi connectivity index (χ3v) is 11.0. The zero-order valence-corrected chi connectivity index (χ0v) is 29.2. The second kappa shape index (κ2) is 26.4. The van der Waals surface area contributed by atoms with Gasteiger partial charge in [0.1, 0.15) is 0 Å². The van der Waals surface area contributed by atoms with Crippen LogP contribution in [0.25, 0.3) is 0 Å². The summed E-state index contributed by atoms with van der Waals surface area (Å²) in [7, 11) is 0. The SMILES string of the molecule is CCCCCCCCCCCCCC(C(=O)OC(=O)C(CCCCCCCCCCCCC)C1CCCC1)C1CCCC1. The third kappa shape index (κ3) is 18.0. The van der Waals surface area contributed by atoms with E-state index in [0.29, 0.717) is 11.8 Å². The van der Waals surface area contributed by atoms with Gasteiger partial charge in [-0.15, -0.1) is 0 Å². The Hall–Kier alpha value is -0.860. The average Bonchev–Trinajstić information content (AvgIpc) is 3.74. The van der Waals surface area contributed by atoms with Crippen molar-refractivity contribution in [1.82, 2.24) is 0 Å². The van der Waals surface area contributed by atoms with Crippen LogP contribution in [0.4, 0.5) is 0 Å². The lowest BCUT2D eigenvalue weighted by Gasteiger charge is -2.25. The lowest BCUT2D eigenvalue weighted by Crippen LogP contribution is -2.32. The second-order valence-electron chi connectivity index (χ2n) is 14.7. The number of carbonyl (C=O) groups is 2. The molecule has 2 rings (SSSR count). The molecule has 252 valence electrons. The molecule has 0 radical (unpaired) electrons. The molecule has 3 heteroatoms. The quantitative estimate of drug-likeness (QED) is 0.0508. The Balaban J connectivity index is 1.69. The lowest BCUT2D eigenvalue weighted by atomic mass is 9.85. The van der Waals surface area contributed by atoms with Crippen molar-refractivity contribution >= 4 is 11.9 Å². The van der Waals surface area contributed by atoms with Crippen molar-refractivity contribution < 1.29 is 14.3 Å². The molecule has 0 spiro atoms. The van der Waals surface area contributed by atoms with Crippen LogP contribution in [0.5, 0.6) is 0 Å². The number of carbonyl (C=O) groups excluding carboxylic acids is 2. The Morgan fingerprint density at radius 3 is 0.977 bits per heavy atom. The summed E-state index contributed by atoms with van der Waals surface area (Å²) in [5.41, 5.74) is 0. The van der Waals surface area contributed by atoms with Gasteiger partial charge >= 0.3 is 11.9 Å². The molecule has 0 aliphatic heterocycles. The summed E-state index contributed by atoms with van der Waals surface area (Å²) in [4.78, 5) is 27.0. The van der Waals surface area contributed by atoms with Crippen molar-refractivity contribution in [3.05, 3.63) is 0 Å². The van der Waals surface area contributed by atoms with Crippen molar-refractivity contribution in [3.8, 4) is 0 Å². The van der Waals surface area contributed by atoms with E-state index >= 15 is 0 Å². The van der Waals surface area contributed by atoms with Crippen LogP contribution in [0.15, 0.2) is 0 Å². The molecule has 0 saturated heterocycles. The Morgan fingerprint density at radius 2 is 0.698 bits per heavy atom. The molecule has 0 aromatic rings. The molecule has 0 amide bonds. The van der Waals surface area contributed by atoms with Crippen molar-refractivity contribution in [2.75, 3.05) is 0 Å². The highest BCUT2D eigenvalue weighted by molar-refractivity contribution is 5.88. The summed E-state index contributed by atoms with van der Waals surface area (Å²) >= 11 is 0. The highest BCUT2D eigenvalue weighted by Gasteiger charge is 2.36. The molecule has 2 atom stereocenters. The van der Waals surface area contributed by atoms with Crippen LogP contribution in [0, 0.1) is 23.7 Å². The molecular formula is C40H74O3. The zero-order chi connectivity index (χ0) is 30.8. The topological polar surface area (TPSA) is 43.4 Å². The highest BCUT2D eigenvalue weighted by atomic mass is 16.6. The van der Waals surface area contributed by atoms with Crippen LogP contribution in [0.3, 0.4) is 0 Å². The predicted molar refractivity (Wildman–Crippen MR) is 184 cm³/mol. The molecular weight excluding hydrogens is 528 g/mol. The maximum atomic E-state index is 13.5. The van der Waals surface area contributed by atoms with E-state index in [1.807, 2.05) is 0 Å².